The first-order valence-corrected chi connectivity index (χ1v) is 5.49. The van der Waals surface area contributed by atoms with Gasteiger partial charge in [0.1, 0.15) is 6.04 Å². The number of nitrogens with one attached hydrogen (secondary N) is 1. The van der Waals surface area contributed by atoms with Crippen LogP contribution in [0.15, 0.2) is 18.5 Å². The SMILES string of the molecule is CNC(=O)C1COCCN1c1cncc(N)c1. The maximum atomic E-state index is 11.8. The lowest BCUT2D eigenvalue weighted by Crippen LogP contribution is -2.53. The van der Waals surface area contributed by atoms with E-state index in [0.29, 0.717) is 25.4 Å². The van der Waals surface area contributed by atoms with Gasteiger partial charge in [0.25, 0.3) is 0 Å². The normalized spacial score (nSPS) is 20.1. The predicted octanol–water partition coefficient (Wildman–Crippen LogP) is -0.385. The third-order valence-corrected chi connectivity index (χ3v) is 2.75. The number of anilines is 2. The first-order valence-electron chi connectivity index (χ1n) is 5.49. The molecule has 2 rings (SSSR count). The van der Waals surface area contributed by atoms with Gasteiger partial charge in [0.15, 0.2) is 0 Å². The molecule has 92 valence electrons. The molecule has 0 aromatic carbocycles. The second-order valence-corrected chi connectivity index (χ2v) is 3.87. The molecule has 1 aromatic rings. The van der Waals surface area contributed by atoms with Crippen molar-refractivity contribution in [2.45, 2.75) is 6.04 Å². The fourth-order valence-corrected chi connectivity index (χ4v) is 1.90. The highest BCUT2D eigenvalue weighted by atomic mass is 16.5. The van der Waals surface area contributed by atoms with E-state index >= 15 is 0 Å². The van der Waals surface area contributed by atoms with Crippen LogP contribution in [0, 0.1) is 0 Å². The number of nitrogens with two attached hydrogens (primary N) is 1. The third kappa shape index (κ3) is 2.47. The Bertz CT molecular complexity index is 410. The maximum Gasteiger partial charge on any atom is 0.244 e. The van der Waals surface area contributed by atoms with Crippen LogP contribution in [0.2, 0.25) is 0 Å². The molecule has 1 aromatic heterocycles. The second-order valence-electron chi connectivity index (χ2n) is 3.87. The number of hydrogen-bond donors (Lipinski definition) is 2. The molecule has 0 aliphatic carbocycles. The van der Waals surface area contributed by atoms with Crippen LogP contribution in [0.4, 0.5) is 11.4 Å². The van der Waals surface area contributed by atoms with Crippen LogP contribution >= 0.6 is 0 Å². The number of carbonyl (C=O) groups is 1. The Balaban J connectivity index is 2.24. The van der Waals surface area contributed by atoms with E-state index in [1.807, 2.05) is 11.0 Å². The molecule has 2 heterocycles. The van der Waals surface area contributed by atoms with Crippen LogP contribution in [0.25, 0.3) is 0 Å². The van der Waals surface area contributed by atoms with E-state index in [1.165, 1.54) is 0 Å². The number of ether oxygens (including phenoxy) is 1. The van der Waals surface area contributed by atoms with Gasteiger partial charge in [-0.3, -0.25) is 9.78 Å². The average Bonchev–Trinajstić information content (AvgIpc) is 2.38. The molecule has 3 N–H and O–H groups in total. The van der Waals surface area contributed by atoms with Crippen LogP contribution in [0.3, 0.4) is 0 Å². The molecule has 0 saturated carbocycles. The van der Waals surface area contributed by atoms with Crippen molar-refractivity contribution in [1.29, 1.82) is 0 Å². The molecule has 6 heteroatoms. The summed E-state index contributed by atoms with van der Waals surface area (Å²) in [7, 11) is 1.62. The molecular formula is C11H16N4O2. The van der Waals surface area contributed by atoms with Gasteiger partial charge in [0, 0.05) is 19.8 Å². The van der Waals surface area contributed by atoms with Crippen LogP contribution in [-0.2, 0) is 9.53 Å². The zero-order chi connectivity index (χ0) is 12.3. The lowest BCUT2D eigenvalue weighted by Gasteiger charge is -2.35. The Labute approximate surface area is 99.8 Å². The summed E-state index contributed by atoms with van der Waals surface area (Å²) in [6.07, 6.45) is 3.29. The first kappa shape index (κ1) is 11.7. The quantitative estimate of drug-likeness (QED) is 0.731. The molecule has 1 aliphatic heterocycles. The van der Waals surface area contributed by atoms with Crippen LogP contribution in [0.5, 0.6) is 0 Å². The van der Waals surface area contributed by atoms with Gasteiger partial charge in [-0.1, -0.05) is 0 Å². The lowest BCUT2D eigenvalue weighted by atomic mass is 10.2. The van der Waals surface area contributed by atoms with Gasteiger partial charge in [0.2, 0.25) is 5.91 Å². The highest BCUT2D eigenvalue weighted by Gasteiger charge is 2.29. The Hall–Kier alpha value is -1.82. The van der Waals surface area contributed by atoms with Crippen molar-refractivity contribution in [3.05, 3.63) is 18.5 Å². The average molecular weight is 236 g/mol. The van der Waals surface area contributed by atoms with E-state index in [1.54, 1.807) is 19.4 Å². The number of amides is 1. The molecular weight excluding hydrogens is 220 g/mol. The number of morpholine rings is 1. The molecule has 6 nitrogen and oxygen atoms in total. The highest BCUT2D eigenvalue weighted by Crippen LogP contribution is 2.20. The summed E-state index contributed by atoms with van der Waals surface area (Å²) < 4.78 is 5.33. The smallest absolute Gasteiger partial charge is 0.244 e. The minimum atomic E-state index is -0.322. The van der Waals surface area contributed by atoms with Gasteiger partial charge in [0.05, 0.1) is 30.8 Å². The van der Waals surface area contributed by atoms with Crippen LogP contribution in [0.1, 0.15) is 0 Å². The monoisotopic (exact) mass is 236 g/mol. The van der Waals surface area contributed by atoms with Crippen molar-refractivity contribution >= 4 is 17.3 Å². The molecule has 1 amide bonds. The summed E-state index contributed by atoms with van der Waals surface area (Å²) in [5.41, 5.74) is 7.13. The number of carbonyl (C=O) groups excluding carboxylic acids is 1. The third-order valence-electron chi connectivity index (χ3n) is 2.75. The topological polar surface area (TPSA) is 80.5 Å². The molecule has 0 spiro atoms. The van der Waals surface area contributed by atoms with E-state index in [9.17, 15) is 4.79 Å². The van der Waals surface area contributed by atoms with E-state index in [-0.39, 0.29) is 11.9 Å². The Morgan fingerprint density at radius 1 is 1.65 bits per heavy atom. The number of aromatic nitrogens is 1. The largest absolute Gasteiger partial charge is 0.397 e. The molecule has 0 bridgehead atoms. The van der Waals surface area contributed by atoms with Crippen molar-refractivity contribution in [3.63, 3.8) is 0 Å². The van der Waals surface area contributed by atoms with Gasteiger partial charge < -0.3 is 20.7 Å². The lowest BCUT2D eigenvalue weighted by molar-refractivity contribution is -0.124. The van der Waals surface area contributed by atoms with E-state index in [0.717, 1.165) is 5.69 Å². The van der Waals surface area contributed by atoms with Crippen molar-refractivity contribution < 1.29 is 9.53 Å². The van der Waals surface area contributed by atoms with E-state index in [2.05, 4.69) is 10.3 Å². The summed E-state index contributed by atoms with van der Waals surface area (Å²) in [5.74, 6) is -0.0628. The minimum Gasteiger partial charge on any atom is -0.397 e. The highest BCUT2D eigenvalue weighted by molar-refractivity contribution is 5.85. The maximum absolute atomic E-state index is 11.8. The van der Waals surface area contributed by atoms with E-state index in [4.69, 9.17) is 10.5 Å². The Kier molecular flexibility index (Phi) is 3.43. The van der Waals surface area contributed by atoms with Gasteiger partial charge in [-0.25, -0.2) is 0 Å². The van der Waals surface area contributed by atoms with E-state index < -0.39 is 0 Å². The summed E-state index contributed by atoms with van der Waals surface area (Å²) in [6, 6.07) is 1.49. The number of likely N-dealkylation sites (N-methyl/N-ethyl adjacent to an activating group) is 1. The summed E-state index contributed by atoms with van der Waals surface area (Å²) in [4.78, 5) is 17.8. The van der Waals surface area contributed by atoms with Gasteiger partial charge >= 0.3 is 0 Å². The summed E-state index contributed by atoms with van der Waals surface area (Å²) in [5, 5.41) is 2.64. The zero-order valence-electron chi connectivity index (χ0n) is 9.72. The summed E-state index contributed by atoms with van der Waals surface area (Å²) in [6.45, 7) is 1.64. The predicted molar refractivity (Wildman–Crippen MR) is 64.7 cm³/mol. The minimum absolute atomic E-state index is 0.0628. The molecule has 1 aliphatic rings. The molecule has 0 radical (unpaired) electrons. The molecule has 1 saturated heterocycles. The molecule has 17 heavy (non-hydrogen) atoms. The molecule has 1 fully saturated rings. The molecule has 1 unspecified atom stereocenters. The molecule has 1 atom stereocenters. The standard InChI is InChI=1S/C11H16N4O2/c1-13-11(16)10-7-17-3-2-15(10)9-4-8(12)5-14-6-9/h4-6,10H,2-3,7,12H2,1H3,(H,13,16). The van der Waals surface area contributed by atoms with Gasteiger partial charge in [-0.15, -0.1) is 0 Å². The fraction of sp³-hybridized carbons (Fsp3) is 0.455. The van der Waals surface area contributed by atoms with Crippen molar-refractivity contribution in [3.8, 4) is 0 Å². The number of pyridine rings is 1. The van der Waals surface area contributed by atoms with Gasteiger partial charge in [-0.05, 0) is 6.07 Å². The number of hydrogen-bond acceptors (Lipinski definition) is 5. The van der Waals surface area contributed by atoms with Crippen LogP contribution < -0.4 is 16.0 Å². The van der Waals surface area contributed by atoms with Crippen molar-refractivity contribution in [2.24, 2.45) is 0 Å². The zero-order valence-corrected chi connectivity index (χ0v) is 9.72. The van der Waals surface area contributed by atoms with Crippen molar-refractivity contribution in [2.75, 3.05) is 37.4 Å². The first-order chi connectivity index (χ1) is 8.22. The number of nitrogen functional groups attached to an aromatic ring is 1. The van der Waals surface area contributed by atoms with Crippen LogP contribution in [-0.4, -0.2) is 43.7 Å². The van der Waals surface area contributed by atoms with Gasteiger partial charge in [-0.2, -0.15) is 0 Å². The fourth-order valence-electron chi connectivity index (χ4n) is 1.90. The number of nitrogens with zero attached hydrogens (tertiary/aromatic N) is 2. The van der Waals surface area contributed by atoms with Crippen molar-refractivity contribution in [1.82, 2.24) is 10.3 Å². The summed E-state index contributed by atoms with van der Waals surface area (Å²) >= 11 is 0. The Morgan fingerprint density at radius 2 is 2.47 bits per heavy atom. The number of rotatable bonds is 2. The Morgan fingerprint density at radius 3 is 3.18 bits per heavy atom. The second kappa shape index (κ2) is 5.01.